The molecular weight excluding hydrogens is 264 g/mol. The number of esters is 1. The van der Waals surface area contributed by atoms with E-state index in [2.05, 4.69) is 24.1 Å². The van der Waals surface area contributed by atoms with E-state index < -0.39 is 5.54 Å². The number of rotatable bonds is 8. The molecule has 0 spiro atoms. The average molecular weight is 292 g/mol. The lowest BCUT2D eigenvalue weighted by Crippen LogP contribution is -2.57. The summed E-state index contributed by atoms with van der Waals surface area (Å²) in [4.78, 5) is 14.8. The summed E-state index contributed by atoms with van der Waals surface area (Å²) in [6, 6.07) is 10.2. The number of hydrogen-bond acceptors (Lipinski definition) is 4. The van der Waals surface area contributed by atoms with Crippen molar-refractivity contribution in [1.82, 2.24) is 10.2 Å². The standard InChI is InChI=1S/C17H28N2O2/c1-6-14(3)19(4)13-17(18-7-2,16(20)21-5)15-11-9-8-10-12-15/h8-12,14,18H,6-7,13H2,1-5H3. The fraction of sp³-hybridized carbons (Fsp3) is 0.588. The fourth-order valence-corrected chi connectivity index (χ4v) is 2.54. The minimum atomic E-state index is -0.830. The molecular formula is C17H28N2O2. The second-order valence-corrected chi connectivity index (χ2v) is 5.47. The Morgan fingerprint density at radius 3 is 2.43 bits per heavy atom. The second-order valence-electron chi connectivity index (χ2n) is 5.47. The summed E-state index contributed by atoms with van der Waals surface area (Å²) in [6.07, 6.45) is 1.04. The van der Waals surface area contributed by atoms with Crippen molar-refractivity contribution in [3.05, 3.63) is 35.9 Å². The summed E-state index contributed by atoms with van der Waals surface area (Å²) < 4.78 is 5.11. The van der Waals surface area contributed by atoms with Crippen LogP contribution in [-0.4, -0.2) is 44.2 Å². The van der Waals surface area contributed by atoms with E-state index in [1.54, 1.807) is 0 Å². The Balaban J connectivity index is 3.22. The van der Waals surface area contributed by atoms with Gasteiger partial charge in [-0.1, -0.05) is 44.2 Å². The molecule has 0 heterocycles. The number of ether oxygens (including phenoxy) is 1. The smallest absolute Gasteiger partial charge is 0.332 e. The van der Waals surface area contributed by atoms with Crippen LogP contribution in [0, 0.1) is 0 Å². The highest BCUT2D eigenvalue weighted by molar-refractivity contribution is 5.83. The first-order valence-corrected chi connectivity index (χ1v) is 7.61. The molecule has 4 nitrogen and oxygen atoms in total. The molecule has 0 bridgehead atoms. The second kappa shape index (κ2) is 8.15. The number of benzene rings is 1. The zero-order valence-corrected chi connectivity index (χ0v) is 13.8. The van der Waals surface area contributed by atoms with Crippen LogP contribution in [0.5, 0.6) is 0 Å². The van der Waals surface area contributed by atoms with Gasteiger partial charge in [0.05, 0.1) is 7.11 Å². The van der Waals surface area contributed by atoms with Crippen molar-refractivity contribution in [1.29, 1.82) is 0 Å². The number of nitrogens with one attached hydrogen (secondary N) is 1. The van der Waals surface area contributed by atoms with Gasteiger partial charge in [0.1, 0.15) is 0 Å². The maximum absolute atomic E-state index is 12.6. The van der Waals surface area contributed by atoms with Crippen LogP contribution in [0.3, 0.4) is 0 Å². The van der Waals surface area contributed by atoms with Crippen molar-refractivity contribution in [2.45, 2.75) is 38.8 Å². The third kappa shape index (κ3) is 4.05. The monoisotopic (exact) mass is 292 g/mol. The van der Waals surface area contributed by atoms with Crippen molar-refractivity contribution >= 4 is 5.97 Å². The Bertz CT molecular complexity index is 436. The maximum Gasteiger partial charge on any atom is 0.332 e. The predicted octanol–water partition coefficient (Wildman–Crippen LogP) is 2.39. The molecule has 0 saturated heterocycles. The SMILES string of the molecule is CCNC(CN(C)C(C)CC)(C(=O)OC)c1ccccc1. The first-order valence-electron chi connectivity index (χ1n) is 7.61. The van der Waals surface area contributed by atoms with E-state index in [9.17, 15) is 4.79 Å². The molecule has 118 valence electrons. The zero-order chi connectivity index (χ0) is 15.9. The Kier molecular flexibility index (Phi) is 6.85. The quantitative estimate of drug-likeness (QED) is 0.747. The van der Waals surface area contributed by atoms with Gasteiger partial charge in [-0.15, -0.1) is 0 Å². The molecule has 0 fully saturated rings. The Morgan fingerprint density at radius 1 is 1.33 bits per heavy atom. The van der Waals surface area contributed by atoms with Crippen LogP contribution in [0.15, 0.2) is 30.3 Å². The Morgan fingerprint density at radius 2 is 1.95 bits per heavy atom. The molecule has 0 saturated carbocycles. The number of carbonyl (C=O) groups is 1. The lowest BCUT2D eigenvalue weighted by Gasteiger charge is -2.37. The van der Waals surface area contributed by atoms with Crippen LogP contribution in [0.1, 0.15) is 32.8 Å². The molecule has 0 aliphatic heterocycles. The molecule has 0 radical (unpaired) electrons. The summed E-state index contributed by atoms with van der Waals surface area (Å²) in [6.45, 7) is 7.59. The van der Waals surface area contributed by atoms with Gasteiger partial charge >= 0.3 is 5.97 Å². The third-order valence-corrected chi connectivity index (χ3v) is 4.11. The van der Waals surface area contributed by atoms with Crippen LogP contribution in [-0.2, 0) is 15.1 Å². The lowest BCUT2D eigenvalue weighted by atomic mass is 9.88. The molecule has 2 atom stereocenters. The van der Waals surface area contributed by atoms with E-state index in [0.29, 0.717) is 19.1 Å². The third-order valence-electron chi connectivity index (χ3n) is 4.11. The van der Waals surface area contributed by atoms with Crippen molar-refractivity contribution < 1.29 is 9.53 Å². The van der Waals surface area contributed by atoms with E-state index in [4.69, 9.17) is 4.74 Å². The van der Waals surface area contributed by atoms with Crippen molar-refractivity contribution in [3.63, 3.8) is 0 Å². The Labute approximate surface area is 128 Å². The minimum absolute atomic E-state index is 0.245. The summed E-state index contributed by atoms with van der Waals surface area (Å²) in [5, 5.41) is 3.36. The van der Waals surface area contributed by atoms with Gasteiger partial charge in [-0.2, -0.15) is 0 Å². The van der Waals surface area contributed by atoms with E-state index >= 15 is 0 Å². The largest absolute Gasteiger partial charge is 0.467 e. The van der Waals surface area contributed by atoms with Gasteiger partial charge in [0.25, 0.3) is 0 Å². The van der Waals surface area contributed by atoms with Crippen molar-refractivity contribution in [2.24, 2.45) is 0 Å². The number of methoxy groups -OCH3 is 1. The number of nitrogens with zero attached hydrogens (tertiary/aromatic N) is 1. The van der Waals surface area contributed by atoms with Crippen molar-refractivity contribution in [2.75, 3.05) is 27.2 Å². The topological polar surface area (TPSA) is 41.6 Å². The molecule has 0 aliphatic rings. The Hall–Kier alpha value is -1.39. The summed E-state index contributed by atoms with van der Waals surface area (Å²) in [7, 11) is 3.49. The first kappa shape index (κ1) is 17.7. The lowest BCUT2D eigenvalue weighted by molar-refractivity contribution is -0.150. The van der Waals surface area contributed by atoms with Gasteiger partial charge in [0.2, 0.25) is 0 Å². The van der Waals surface area contributed by atoms with Crippen molar-refractivity contribution in [3.8, 4) is 0 Å². The van der Waals surface area contributed by atoms with Gasteiger partial charge in [-0.25, -0.2) is 4.79 Å². The van der Waals surface area contributed by atoms with E-state index in [0.717, 1.165) is 12.0 Å². The highest BCUT2D eigenvalue weighted by atomic mass is 16.5. The number of carbonyl (C=O) groups excluding carboxylic acids is 1. The molecule has 1 rings (SSSR count). The van der Waals surface area contributed by atoms with Gasteiger partial charge in [0.15, 0.2) is 5.54 Å². The molecule has 21 heavy (non-hydrogen) atoms. The average Bonchev–Trinajstić information content (AvgIpc) is 2.53. The van der Waals surface area contributed by atoms with Crippen LogP contribution in [0.2, 0.25) is 0 Å². The van der Waals surface area contributed by atoms with E-state index in [1.807, 2.05) is 44.3 Å². The molecule has 0 aliphatic carbocycles. The molecule has 2 unspecified atom stereocenters. The maximum atomic E-state index is 12.6. The molecule has 4 heteroatoms. The molecule has 1 aromatic rings. The molecule has 0 amide bonds. The number of hydrogen-bond donors (Lipinski definition) is 1. The summed E-state index contributed by atoms with van der Waals surface area (Å²) in [5.41, 5.74) is 0.108. The van der Waals surface area contributed by atoms with Gasteiger partial charge in [0, 0.05) is 12.6 Å². The van der Waals surface area contributed by atoms with Crippen LogP contribution >= 0.6 is 0 Å². The minimum Gasteiger partial charge on any atom is -0.467 e. The van der Waals surface area contributed by atoms with Crippen LogP contribution in [0.4, 0.5) is 0 Å². The zero-order valence-electron chi connectivity index (χ0n) is 13.8. The molecule has 1 N–H and O–H groups in total. The fourth-order valence-electron chi connectivity index (χ4n) is 2.54. The number of likely N-dealkylation sites (N-methyl/N-ethyl adjacent to an activating group) is 2. The summed E-state index contributed by atoms with van der Waals surface area (Å²) in [5.74, 6) is -0.245. The highest BCUT2D eigenvalue weighted by Gasteiger charge is 2.42. The van der Waals surface area contributed by atoms with Gasteiger partial charge in [-0.3, -0.25) is 5.32 Å². The molecule has 0 aromatic heterocycles. The van der Waals surface area contributed by atoms with Gasteiger partial charge in [-0.05, 0) is 32.5 Å². The first-order chi connectivity index (χ1) is 10.0. The predicted molar refractivity (Wildman–Crippen MR) is 86.2 cm³/mol. The van der Waals surface area contributed by atoms with Crippen LogP contribution in [0.25, 0.3) is 0 Å². The normalized spacial score (nSPS) is 15.5. The highest BCUT2D eigenvalue weighted by Crippen LogP contribution is 2.25. The van der Waals surface area contributed by atoms with E-state index in [-0.39, 0.29) is 5.97 Å². The molecule has 1 aromatic carbocycles. The van der Waals surface area contributed by atoms with E-state index in [1.165, 1.54) is 7.11 Å². The summed E-state index contributed by atoms with van der Waals surface area (Å²) >= 11 is 0. The van der Waals surface area contributed by atoms with Gasteiger partial charge < -0.3 is 9.64 Å². The van der Waals surface area contributed by atoms with Crippen LogP contribution < -0.4 is 5.32 Å².